The van der Waals surface area contributed by atoms with Crippen molar-refractivity contribution in [2.24, 2.45) is 0 Å². The molecule has 0 radical (unpaired) electrons. The van der Waals surface area contributed by atoms with E-state index in [1.54, 1.807) is 26.8 Å². The molecule has 5 nitrogen and oxygen atoms in total. The smallest absolute Gasteiger partial charge is 0.269 e. The molecule has 1 aromatic heterocycles. The highest BCUT2D eigenvalue weighted by molar-refractivity contribution is 5.96. The van der Waals surface area contributed by atoms with Gasteiger partial charge in [0.2, 0.25) is 0 Å². The van der Waals surface area contributed by atoms with E-state index in [4.69, 9.17) is 9.26 Å². The molecule has 23 heavy (non-hydrogen) atoms. The molecule has 0 aliphatic carbocycles. The molecule has 1 aromatic carbocycles. The number of rotatable bonds is 4. The summed E-state index contributed by atoms with van der Waals surface area (Å²) in [7, 11) is 0. The number of hydrogen-bond acceptors (Lipinski definition) is 4. The van der Waals surface area contributed by atoms with Gasteiger partial charge in [-0.2, -0.15) is 0 Å². The predicted molar refractivity (Wildman–Crippen MR) is 89.7 cm³/mol. The number of carbonyl (C=O) groups excluding carboxylic acids is 1. The van der Waals surface area contributed by atoms with Crippen LogP contribution in [0.4, 0.5) is 5.82 Å². The summed E-state index contributed by atoms with van der Waals surface area (Å²) in [5.74, 6) is 1.38. The predicted octanol–water partition coefficient (Wildman–Crippen LogP) is 4.08. The Labute approximate surface area is 137 Å². The topological polar surface area (TPSA) is 64.4 Å². The van der Waals surface area contributed by atoms with Crippen LogP contribution in [0.15, 0.2) is 34.9 Å². The van der Waals surface area contributed by atoms with E-state index in [0.29, 0.717) is 17.3 Å². The maximum Gasteiger partial charge on any atom is 0.269 e. The molecule has 0 saturated heterocycles. The first-order chi connectivity index (χ1) is 10.6. The summed E-state index contributed by atoms with van der Waals surface area (Å²) in [5, 5.41) is 6.44. The van der Waals surface area contributed by atoms with Gasteiger partial charge in [-0.1, -0.05) is 38.1 Å². The van der Waals surface area contributed by atoms with Crippen LogP contribution in [0.25, 0.3) is 0 Å². The summed E-state index contributed by atoms with van der Waals surface area (Å²) in [5.41, 5.74) is 0.261. The zero-order valence-corrected chi connectivity index (χ0v) is 14.6. The van der Waals surface area contributed by atoms with Crippen molar-refractivity contribution >= 4 is 11.7 Å². The molecule has 0 fully saturated rings. The van der Waals surface area contributed by atoms with Gasteiger partial charge in [-0.15, -0.1) is 0 Å². The van der Waals surface area contributed by atoms with Crippen LogP contribution >= 0.6 is 0 Å². The van der Waals surface area contributed by atoms with Crippen LogP contribution in [0, 0.1) is 6.92 Å². The van der Waals surface area contributed by atoms with Gasteiger partial charge >= 0.3 is 0 Å². The molecule has 0 bridgehead atoms. The fourth-order valence-electron chi connectivity index (χ4n) is 2.06. The molecule has 1 amide bonds. The second kappa shape index (κ2) is 6.07. The van der Waals surface area contributed by atoms with Crippen molar-refractivity contribution in [3.8, 4) is 5.75 Å². The van der Waals surface area contributed by atoms with Crippen molar-refractivity contribution in [3.63, 3.8) is 0 Å². The highest BCUT2D eigenvalue weighted by Crippen LogP contribution is 2.26. The van der Waals surface area contributed by atoms with E-state index in [1.165, 1.54) is 5.56 Å². The van der Waals surface area contributed by atoms with Crippen LogP contribution in [0.3, 0.4) is 0 Å². The minimum Gasteiger partial charge on any atom is -0.478 e. The van der Waals surface area contributed by atoms with Crippen molar-refractivity contribution in [1.29, 1.82) is 0 Å². The fraction of sp³-hybridized carbons (Fsp3) is 0.444. The Morgan fingerprint density at radius 1 is 1.13 bits per heavy atom. The third kappa shape index (κ3) is 4.34. The summed E-state index contributed by atoms with van der Waals surface area (Å²) in [6, 6.07) is 9.46. The molecule has 0 aliphatic rings. The van der Waals surface area contributed by atoms with Crippen LogP contribution in [-0.2, 0) is 10.2 Å². The molecular formula is C18H24N2O3. The lowest BCUT2D eigenvalue weighted by Crippen LogP contribution is -2.42. The van der Waals surface area contributed by atoms with Crippen molar-refractivity contribution in [2.75, 3.05) is 5.32 Å². The number of nitrogens with one attached hydrogen (secondary N) is 1. The zero-order valence-electron chi connectivity index (χ0n) is 14.6. The number of ether oxygens (including phenoxy) is 1. The van der Waals surface area contributed by atoms with E-state index in [2.05, 4.69) is 31.2 Å². The van der Waals surface area contributed by atoms with E-state index < -0.39 is 5.60 Å². The molecule has 1 N–H and O–H groups in total. The Balaban J connectivity index is 2.06. The molecule has 5 heteroatoms. The first kappa shape index (κ1) is 17.1. The number of nitrogens with zero attached hydrogens (tertiary/aromatic N) is 1. The standard InChI is InChI=1S/C18H24N2O3/c1-12-11-15(20-23-12)19-16(21)18(5,6)22-14-9-7-13(8-10-14)17(2,3)4/h7-11H,1-6H3,(H,19,20,21). The Kier molecular flexibility index (Phi) is 4.50. The van der Waals surface area contributed by atoms with Crippen LogP contribution < -0.4 is 10.1 Å². The molecule has 0 saturated carbocycles. The van der Waals surface area contributed by atoms with E-state index in [0.717, 1.165) is 0 Å². The molecule has 0 spiro atoms. The summed E-state index contributed by atoms with van der Waals surface area (Å²) in [6.07, 6.45) is 0. The maximum atomic E-state index is 12.4. The number of aryl methyl sites for hydroxylation is 1. The number of carbonyl (C=O) groups is 1. The zero-order chi connectivity index (χ0) is 17.3. The molecule has 2 aromatic rings. The van der Waals surface area contributed by atoms with Gasteiger partial charge in [0.05, 0.1) is 0 Å². The van der Waals surface area contributed by atoms with Gasteiger partial charge < -0.3 is 14.6 Å². The molecule has 1 heterocycles. The van der Waals surface area contributed by atoms with E-state index >= 15 is 0 Å². The van der Waals surface area contributed by atoms with E-state index in [9.17, 15) is 4.79 Å². The van der Waals surface area contributed by atoms with Crippen LogP contribution in [0.2, 0.25) is 0 Å². The molecular weight excluding hydrogens is 292 g/mol. The quantitative estimate of drug-likeness (QED) is 0.923. The minimum atomic E-state index is -1.03. The molecule has 2 rings (SSSR count). The minimum absolute atomic E-state index is 0.0796. The highest BCUT2D eigenvalue weighted by Gasteiger charge is 2.30. The summed E-state index contributed by atoms with van der Waals surface area (Å²) >= 11 is 0. The number of benzene rings is 1. The van der Waals surface area contributed by atoms with Gasteiger partial charge in [0.1, 0.15) is 11.5 Å². The number of aromatic nitrogens is 1. The van der Waals surface area contributed by atoms with Gasteiger partial charge in [0, 0.05) is 6.07 Å². The largest absolute Gasteiger partial charge is 0.478 e. The van der Waals surface area contributed by atoms with Crippen molar-refractivity contribution in [2.45, 2.75) is 52.6 Å². The summed E-state index contributed by atoms with van der Waals surface area (Å²) in [4.78, 5) is 12.4. The van der Waals surface area contributed by atoms with Crippen molar-refractivity contribution in [1.82, 2.24) is 5.16 Å². The van der Waals surface area contributed by atoms with Gasteiger partial charge in [0.25, 0.3) is 5.91 Å². The second-order valence-corrected chi connectivity index (χ2v) is 7.16. The van der Waals surface area contributed by atoms with Crippen LogP contribution in [-0.4, -0.2) is 16.7 Å². The lowest BCUT2D eigenvalue weighted by molar-refractivity contribution is -0.128. The Bertz CT molecular complexity index is 679. The van der Waals surface area contributed by atoms with Crippen LogP contribution in [0.1, 0.15) is 45.9 Å². The average Bonchev–Trinajstić information content (AvgIpc) is 2.83. The molecule has 0 atom stereocenters. The molecule has 0 unspecified atom stereocenters. The Hall–Kier alpha value is -2.30. The third-order valence-electron chi connectivity index (χ3n) is 3.51. The Morgan fingerprint density at radius 2 is 1.74 bits per heavy atom. The van der Waals surface area contributed by atoms with Crippen molar-refractivity contribution < 1.29 is 14.1 Å². The highest BCUT2D eigenvalue weighted by atomic mass is 16.5. The lowest BCUT2D eigenvalue weighted by atomic mass is 9.87. The monoisotopic (exact) mass is 316 g/mol. The van der Waals surface area contributed by atoms with Gasteiger partial charge in [0.15, 0.2) is 11.4 Å². The SMILES string of the molecule is Cc1cc(NC(=O)C(C)(C)Oc2ccc(C(C)(C)C)cc2)no1. The van der Waals surface area contributed by atoms with Gasteiger partial charge in [-0.25, -0.2) is 0 Å². The number of anilines is 1. The maximum absolute atomic E-state index is 12.4. The lowest BCUT2D eigenvalue weighted by Gasteiger charge is -2.25. The average molecular weight is 316 g/mol. The normalized spacial score (nSPS) is 12.1. The fourth-order valence-corrected chi connectivity index (χ4v) is 2.06. The van der Waals surface area contributed by atoms with Gasteiger partial charge in [-0.05, 0) is 43.9 Å². The number of amides is 1. The molecule has 124 valence electrons. The van der Waals surface area contributed by atoms with Gasteiger partial charge in [-0.3, -0.25) is 4.79 Å². The van der Waals surface area contributed by atoms with Crippen molar-refractivity contribution in [3.05, 3.63) is 41.7 Å². The Morgan fingerprint density at radius 3 is 2.22 bits per heavy atom. The van der Waals surface area contributed by atoms with Crippen LogP contribution in [0.5, 0.6) is 5.75 Å². The van der Waals surface area contributed by atoms with E-state index in [1.807, 2.05) is 24.3 Å². The third-order valence-corrected chi connectivity index (χ3v) is 3.51. The summed E-state index contributed by atoms with van der Waals surface area (Å²) < 4.78 is 10.8. The second-order valence-electron chi connectivity index (χ2n) is 7.16. The van der Waals surface area contributed by atoms with E-state index in [-0.39, 0.29) is 11.3 Å². The number of hydrogen-bond donors (Lipinski definition) is 1. The first-order valence-corrected chi connectivity index (χ1v) is 7.62. The summed E-state index contributed by atoms with van der Waals surface area (Å²) in [6.45, 7) is 11.7. The first-order valence-electron chi connectivity index (χ1n) is 7.62. The molecule has 0 aliphatic heterocycles.